The van der Waals surface area contributed by atoms with E-state index in [1.54, 1.807) is 6.08 Å². The number of allylic oxidation sites excluding steroid dienone is 3. The largest absolute Gasteiger partial charge is 0.507 e. The second-order valence-corrected chi connectivity index (χ2v) is 2.51. The van der Waals surface area contributed by atoms with Crippen LogP contribution in [0.25, 0.3) is 0 Å². The topological polar surface area (TPSA) is 37.3 Å². The Morgan fingerprint density at radius 3 is 2.50 bits per heavy atom. The standard InChI is InChI=1S/C8H10O2/c1-5-3-4-7(6(2)9)8(5)10/h4,10H,3H2,1-2H3. The lowest BCUT2D eigenvalue weighted by atomic mass is 10.2. The highest BCUT2D eigenvalue weighted by Gasteiger charge is 2.16. The van der Waals surface area contributed by atoms with Gasteiger partial charge in [0.1, 0.15) is 5.76 Å². The summed E-state index contributed by atoms with van der Waals surface area (Å²) in [5.41, 5.74) is 1.35. The van der Waals surface area contributed by atoms with Gasteiger partial charge in [0, 0.05) is 0 Å². The summed E-state index contributed by atoms with van der Waals surface area (Å²) in [5, 5.41) is 9.22. The zero-order valence-electron chi connectivity index (χ0n) is 6.14. The van der Waals surface area contributed by atoms with Gasteiger partial charge < -0.3 is 5.11 Å². The summed E-state index contributed by atoms with van der Waals surface area (Å²) in [6, 6.07) is 0. The summed E-state index contributed by atoms with van der Waals surface area (Å²) in [6.45, 7) is 3.28. The predicted octanol–water partition coefficient (Wildman–Crippen LogP) is 1.74. The summed E-state index contributed by atoms with van der Waals surface area (Å²) in [5.74, 6) is 0.113. The Morgan fingerprint density at radius 2 is 2.30 bits per heavy atom. The fourth-order valence-electron chi connectivity index (χ4n) is 0.989. The molecular weight excluding hydrogens is 128 g/mol. The number of aliphatic hydroxyl groups excluding tert-OH is 1. The van der Waals surface area contributed by atoms with Crippen molar-refractivity contribution in [1.82, 2.24) is 0 Å². The molecule has 0 aliphatic heterocycles. The van der Waals surface area contributed by atoms with Crippen molar-refractivity contribution in [2.45, 2.75) is 20.3 Å². The molecule has 0 fully saturated rings. The van der Waals surface area contributed by atoms with Crippen molar-refractivity contribution in [3.8, 4) is 0 Å². The monoisotopic (exact) mass is 138 g/mol. The van der Waals surface area contributed by atoms with Crippen LogP contribution in [0.15, 0.2) is 23.0 Å². The summed E-state index contributed by atoms with van der Waals surface area (Å²) in [4.78, 5) is 10.7. The minimum Gasteiger partial charge on any atom is -0.507 e. The number of hydrogen-bond donors (Lipinski definition) is 1. The van der Waals surface area contributed by atoms with Crippen LogP contribution in [-0.4, -0.2) is 10.9 Å². The Labute approximate surface area is 59.9 Å². The lowest BCUT2D eigenvalue weighted by Gasteiger charge is -1.96. The molecule has 0 atom stereocenters. The fraction of sp³-hybridized carbons (Fsp3) is 0.375. The van der Waals surface area contributed by atoms with E-state index in [1.807, 2.05) is 6.92 Å². The van der Waals surface area contributed by atoms with E-state index in [4.69, 9.17) is 0 Å². The number of carbonyl (C=O) groups is 1. The highest BCUT2D eigenvalue weighted by molar-refractivity contribution is 5.97. The second-order valence-electron chi connectivity index (χ2n) is 2.51. The van der Waals surface area contributed by atoms with Crippen molar-refractivity contribution in [1.29, 1.82) is 0 Å². The first-order chi connectivity index (χ1) is 4.63. The van der Waals surface area contributed by atoms with Crippen molar-refractivity contribution in [2.24, 2.45) is 0 Å². The van der Waals surface area contributed by atoms with Gasteiger partial charge in [-0.1, -0.05) is 6.08 Å². The van der Waals surface area contributed by atoms with Crippen LogP contribution in [0.1, 0.15) is 20.3 Å². The minimum atomic E-state index is -0.0608. The number of hydrogen-bond acceptors (Lipinski definition) is 2. The number of rotatable bonds is 1. The van der Waals surface area contributed by atoms with Gasteiger partial charge in [-0.25, -0.2) is 0 Å². The predicted molar refractivity (Wildman–Crippen MR) is 38.7 cm³/mol. The lowest BCUT2D eigenvalue weighted by Crippen LogP contribution is -1.96. The van der Waals surface area contributed by atoms with Crippen LogP contribution in [0.4, 0.5) is 0 Å². The number of Topliss-reactive ketones (excluding diaryl/α,β-unsaturated/α-hetero) is 1. The molecule has 0 unspecified atom stereocenters. The van der Waals surface area contributed by atoms with Crippen molar-refractivity contribution in [3.05, 3.63) is 23.0 Å². The van der Waals surface area contributed by atoms with E-state index in [2.05, 4.69) is 0 Å². The summed E-state index contributed by atoms with van der Waals surface area (Å²) in [6.07, 6.45) is 2.47. The molecule has 0 spiro atoms. The molecule has 1 aliphatic carbocycles. The molecule has 0 aromatic carbocycles. The maximum atomic E-state index is 10.7. The first kappa shape index (κ1) is 7.06. The maximum Gasteiger partial charge on any atom is 0.163 e. The smallest absolute Gasteiger partial charge is 0.163 e. The van der Waals surface area contributed by atoms with Gasteiger partial charge in [-0.15, -0.1) is 0 Å². The summed E-state index contributed by atoms with van der Waals surface area (Å²) < 4.78 is 0. The Bertz CT molecular complexity index is 234. The molecule has 0 saturated heterocycles. The van der Waals surface area contributed by atoms with Gasteiger partial charge >= 0.3 is 0 Å². The molecule has 1 aliphatic rings. The van der Waals surface area contributed by atoms with Crippen molar-refractivity contribution in [3.63, 3.8) is 0 Å². The van der Waals surface area contributed by atoms with Crippen molar-refractivity contribution in [2.75, 3.05) is 0 Å². The second kappa shape index (κ2) is 2.29. The molecule has 0 radical (unpaired) electrons. The van der Waals surface area contributed by atoms with Gasteiger partial charge in [0.15, 0.2) is 5.78 Å². The molecule has 2 nitrogen and oxygen atoms in total. The van der Waals surface area contributed by atoms with Gasteiger partial charge in [0.05, 0.1) is 5.57 Å². The van der Waals surface area contributed by atoms with Crippen LogP contribution in [0.3, 0.4) is 0 Å². The third-order valence-electron chi connectivity index (χ3n) is 1.65. The molecule has 0 aromatic heterocycles. The number of ketones is 1. The van der Waals surface area contributed by atoms with Crippen LogP contribution in [-0.2, 0) is 4.79 Å². The van der Waals surface area contributed by atoms with Crippen molar-refractivity contribution >= 4 is 5.78 Å². The van der Waals surface area contributed by atoms with E-state index in [9.17, 15) is 9.90 Å². The Morgan fingerprint density at radius 1 is 1.70 bits per heavy atom. The van der Waals surface area contributed by atoms with Gasteiger partial charge in [0.25, 0.3) is 0 Å². The van der Waals surface area contributed by atoms with Crippen LogP contribution in [0.2, 0.25) is 0 Å². The molecule has 0 saturated carbocycles. The first-order valence-corrected chi connectivity index (χ1v) is 3.23. The zero-order chi connectivity index (χ0) is 7.72. The van der Waals surface area contributed by atoms with Gasteiger partial charge in [-0.2, -0.15) is 0 Å². The minimum absolute atomic E-state index is 0.0608. The molecule has 1 N–H and O–H groups in total. The third-order valence-corrected chi connectivity index (χ3v) is 1.65. The molecule has 10 heavy (non-hydrogen) atoms. The van der Waals surface area contributed by atoms with E-state index < -0.39 is 0 Å². The lowest BCUT2D eigenvalue weighted by molar-refractivity contribution is -0.113. The fourth-order valence-corrected chi connectivity index (χ4v) is 0.989. The molecule has 54 valence electrons. The summed E-state index contributed by atoms with van der Waals surface area (Å²) in [7, 11) is 0. The molecule has 0 amide bonds. The average molecular weight is 138 g/mol. The Balaban J connectivity index is 2.93. The average Bonchev–Trinajstić information content (AvgIpc) is 2.14. The van der Waals surface area contributed by atoms with Gasteiger partial charge in [-0.3, -0.25) is 4.79 Å². The zero-order valence-corrected chi connectivity index (χ0v) is 6.14. The highest BCUT2D eigenvalue weighted by atomic mass is 16.3. The van der Waals surface area contributed by atoms with E-state index in [0.717, 1.165) is 5.57 Å². The van der Waals surface area contributed by atoms with E-state index in [0.29, 0.717) is 12.0 Å². The molecule has 0 aromatic rings. The van der Waals surface area contributed by atoms with Crippen LogP contribution < -0.4 is 0 Å². The number of carbonyl (C=O) groups excluding carboxylic acids is 1. The first-order valence-electron chi connectivity index (χ1n) is 3.23. The van der Waals surface area contributed by atoms with Gasteiger partial charge in [0.2, 0.25) is 0 Å². The molecule has 0 bridgehead atoms. The Hall–Kier alpha value is -1.05. The van der Waals surface area contributed by atoms with Crippen LogP contribution in [0.5, 0.6) is 0 Å². The van der Waals surface area contributed by atoms with E-state index in [-0.39, 0.29) is 11.5 Å². The van der Waals surface area contributed by atoms with E-state index >= 15 is 0 Å². The van der Waals surface area contributed by atoms with E-state index in [1.165, 1.54) is 6.92 Å². The Kier molecular flexibility index (Phi) is 1.62. The van der Waals surface area contributed by atoms with Crippen LogP contribution >= 0.6 is 0 Å². The van der Waals surface area contributed by atoms with Crippen LogP contribution in [0, 0.1) is 0 Å². The third kappa shape index (κ3) is 0.967. The quantitative estimate of drug-likeness (QED) is 0.599. The molecule has 1 rings (SSSR count). The highest BCUT2D eigenvalue weighted by Crippen LogP contribution is 2.23. The molecule has 0 heterocycles. The SMILES string of the molecule is CC(=O)C1=CCC(C)=C1O. The number of aliphatic hydroxyl groups is 1. The molecule has 2 heteroatoms. The van der Waals surface area contributed by atoms with Crippen molar-refractivity contribution < 1.29 is 9.90 Å². The molecular formula is C8H10O2. The maximum absolute atomic E-state index is 10.7. The van der Waals surface area contributed by atoms with Gasteiger partial charge in [-0.05, 0) is 25.8 Å². The normalized spacial score (nSPS) is 17.6. The summed E-state index contributed by atoms with van der Waals surface area (Å²) >= 11 is 0.